The van der Waals surface area contributed by atoms with Crippen molar-refractivity contribution in [3.8, 4) is 0 Å². The number of halogens is 4. The lowest BCUT2D eigenvalue weighted by Gasteiger charge is -2.30. The number of alkyl halides is 3. The number of benzene rings is 2. The number of hydrogen-bond acceptors (Lipinski definition) is 4. The van der Waals surface area contributed by atoms with Gasteiger partial charge >= 0.3 is 6.18 Å². The molecule has 0 atom stereocenters. The van der Waals surface area contributed by atoms with Crippen LogP contribution in [0.4, 0.5) is 33.9 Å². The van der Waals surface area contributed by atoms with Gasteiger partial charge in [-0.3, -0.25) is 10.2 Å². The number of hydrogen-bond donors (Lipinski definition) is 3. The first-order chi connectivity index (χ1) is 14.2. The summed E-state index contributed by atoms with van der Waals surface area (Å²) in [6, 6.07) is 9.93. The number of anilines is 3. The maximum absolute atomic E-state index is 13.9. The minimum absolute atomic E-state index is 0.285. The van der Waals surface area contributed by atoms with Crippen molar-refractivity contribution in [2.45, 2.75) is 6.18 Å². The van der Waals surface area contributed by atoms with Gasteiger partial charge in [-0.05, 0) is 53.9 Å². The zero-order valence-corrected chi connectivity index (χ0v) is 16.0. The molecule has 1 aromatic heterocycles. The van der Waals surface area contributed by atoms with Gasteiger partial charge in [0, 0.05) is 11.4 Å². The topological polar surface area (TPSA) is 68.2 Å². The minimum atomic E-state index is -4.68. The Morgan fingerprint density at radius 1 is 1.13 bits per heavy atom. The van der Waals surface area contributed by atoms with Crippen LogP contribution in [0.15, 0.2) is 53.9 Å². The highest BCUT2D eigenvalue weighted by Gasteiger charge is 2.32. The van der Waals surface area contributed by atoms with E-state index in [9.17, 15) is 22.4 Å². The van der Waals surface area contributed by atoms with Crippen LogP contribution in [0.3, 0.4) is 0 Å². The molecule has 1 aliphatic heterocycles. The molecule has 0 radical (unpaired) electrons. The molecule has 154 valence electrons. The van der Waals surface area contributed by atoms with Gasteiger partial charge in [0.15, 0.2) is 0 Å². The molecule has 5 nitrogen and oxygen atoms in total. The van der Waals surface area contributed by atoms with E-state index in [2.05, 4.69) is 10.6 Å². The molecule has 0 spiro atoms. The van der Waals surface area contributed by atoms with Crippen LogP contribution in [0.25, 0.3) is 0 Å². The minimum Gasteiger partial charge on any atom is -0.359 e. The number of carbonyl (C=O) groups is 1. The third kappa shape index (κ3) is 3.73. The van der Waals surface area contributed by atoms with Gasteiger partial charge in [-0.15, -0.1) is 11.3 Å². The molecule has 1 aliphatic rings. The molecule has 0 saturated heterocycles. The molecule has 10 heteroatoms. The molecule has 0 saturated carbocycles. The Morgan fingerprint density at radius 2 is 1.87 bits per heavy atom. The molecule has 0 fully saturated rings. The fraction of sp³-hybridized carbons (Fsp3) is 0.100. The van der Waals surface area contributed by atoms with Crippen LogP contribution in [0.1, 0.15) is 21.5 Å². The summed E-state index contributed by atoms with van der Waals surface area (Å²) in [5.74, 6) is -1.70. The lowest BCUT2D eigenvalue weighted by molar-refractivity contribution is -0.137. The van der Waals surface area contributed by atoms with Crippen molar-refractivity contribution in [3.63, 3.8) is 0 Å². The van der Waals surface area contributed by atoms with Gasteiger partial charge in [0.25, 0.3) is 5.91 Å². The van der Waals surface area contributed by atoms with E-state index in [1.165, 1.54) is 23.5 Å². The van der Waals surface area contributed by atoms with Crippen molar-refractivity contribution >= 4 is 39.5 Å². The first-order valence-corrected chi connectivity index (χ1v) is 9.58. The maximum Gasteiger partial charge on any atom is 0.416 e. The monoisotopic (exact) mass is 434 g/mol. The first-order valence-electron chi connectivity index (χ1n) is 8.70. The highest BCUT2D eigenvalue weighted by Crippen LogP contribution is 2.32. The van der Waals surface area contributed by atoms with Crippen molar-refractivity contribution in [3.05, 3.63) is 76.4 Å². The quantitative estimate of drug-likeness (QED) is 0.486. The normalized spacial score (nSPS) is 13.6. The van der Waals surface area contributed by atoms with Gasteiger partial charge in [-0.25, -0.2) is 4.39 Å². The Labute approximate surface area is 172 Å². The summed E-state index contributed by atoms with van der Waals surface area (Å²) in [6.45, 7) is 0.396. The number of carbonyl (C=O) groups excluding carboxylic acids is 1. The SMILES string of the molecule is N=C1c2ccsc2NCN1c1ccc(NC(=O)c2cc(C(F)(F)F)ccc2F)cc1. The Kier molecular flexibility index (Phi) is 4.94. The van der Waals surface area contributed by atoms with E-state index in [1.54, 1.807) is 17.0 Å². The maximum atomic E-state index is 13.9. The highest BCUT2D eigenvalue weighted by molar-refractivity contribution is 7.14. The Morgan fingerprint density at radius 3 is 2.57 bits per heavy atom. The first kappa shape index (κ1) is 19.9. The summed E-state index contributed by atoms with van der Waals surface area (Å²) in [4.78, 5) is 14.0. The predicted octanol–water partition coefficient (Wildman–Crippen LogP) is 5.37. The molecular weight excluding hydrogens is 420 g/mol. The van der Waals surface area contributed by atoms with E-state index >= 15 is 0 Å². The van der Waals surface area contributed by atoms with Gasteiger partial charge in [-0.1, -0.05) is 0 Å². The molecule has 0 bridgehead atoms. The standard InChI is InChI=1S/C20H14F4N4OS/c21-16-6-1-11(20(22,23)24)9-15(16)18(29)27-12-2-4-13(5-3-12)28-10-26-19-14(17(28)25)7-8-30-19/h1-9,25-26H,10H2,(H,27,29). The van der Waals surface area contributed by atoms with Gasteiger partial charge in [0.05, 0.1) is 23.4 Å². The zero-order valence-electron chi connectivity index (χ0n) is 15.2. The number of fused-ring (bicyclic) bond motifs is 1. The van der Waals surface area contributed by atoms with Crippen molar-refractivity contribution in [1.82, 2.24) is 0 Å². The largest absolute Gasteiger partial charge is 0.416 e. The Bertz CT molecular complexity index is 1120. The van der Waals surface area contributed by atoms with E-state index in [0.29, 0.717) is 36.4 Å². The Hall–Kier alpha value is -3.40. The van der Waals surface area contributed by atoms with Gasteiger partial charge in [0.2, 0.25) is 0 Å². The van der Waals surface area contributed by atoms with Crippen molar-refractivity contribution in [2.75, 3.05) is 22.2 Å². The average molecular weight is 434 g/mol. The number of amides is 1. The summed E-state index contributed by atoms with van der Waals surface area (Å²) in [5, 5.41) is 16.8. The molecule has 2 aromatic carbocycles. The van der Waals surface area contributed by atoms with Crippen LogP contribution in [0.5, 0.6) is 0 Å². The van der Waals surface area contributed by atoms with Crippen LogP contribution < -0.4 is 15.5 Å². The molecular formula is C20H14F4N4OS. The fourth-order valence-electron chi connectivity index (χ4n) is 3.03. The van der Waals surface area contributed by atoms with E-state index in [4.69, 9.17) is 5.41 Å². The summed E-state index contributed by atoms with van der Waals surface area (Å²) in [5.41, 5.74) is -0.0428. The predicted molar refractivity (Wildman–Crippen MR) is 108 cm³/mol. The van der Waals surface area contributed by atoms with Crippen molar-refractivity contribution in [2.24, 2.45) is 0 Å². The number of nitrogens with zero attached hydrogens (tertiary/aromatic N) is 1. The molecule has 4 rings (SSSR count). The summed E-state index contributed by atoms with van der Waals surface area (Å²) in [6.07, 6.45) is -4.68. The van der Waals surface area contributed by atoms with E-state index in [-0.39, 0.29) is 5.69 Å². The second-order valence-corrected chi connectivity index (χ2v) is 7.38. The second kappa shape index (κ2) is 7.45. The van der Waals surface area contributed by atoms with Crippen LogP contribution in [0.2, 0.25) is 0 Å². The van der Waals surface area contributed by atoms with Crippen LogP contribution in [-0.2, 0) is 6.18 Å². The summed E-state index contributed by atoms with van der Waals surface area (Å²) in [7, 11) is 0. The molecule has 0 unspecified atom stereocenters. The van der Waals surface area contributed by atoms with Crippen LogP contribution >= 0.6 is 11.3 Å². The Balaban J connectivity index is 1.51. The summed E-state index contributed by atoms with van der Waals surface area (Å²) < 4.78 is 52.4. The molecule has 0 aliphatic carbocycles. The van der Waals surface area contributed by atoms with E-state index in [1.807, 2.05) is 11.4 Å². The van der Waals surface area contributed by atoms with Gasteiger partial charge in [0.1, 0.15) is 16.7 Å². The highest BCUT2D eigenvalue weighted by atomic mass is 32.1. The molecule has 2 heterocycles. The van der Waals surface area contributed by atoms with Crippen molar-refractivity contribution in [1.29, 1.82) is 5.41 Å². The molecule has 1 amide bonds. The van der Waals surface area contributed by atoms with Crippen LogP contribution in [0, 0.1) is 11.2 Å². The zero-order chi connectivity index (χ0) is 21.5. The number of rotatable bonds is 3. The molecule has 3 aromatic rings. The number of amidine groups is 1. The third-order valence-electron chi connectivity index (χ3n) is 4.56. The van der Waals surface area contributed by atoms with E-state index in [0.717, 1.165) is 10.6 Å². The summed E-state index contributed by atoms with van der Waals surface area (Å²) >= 11 is 1.51. The number of nitrogens with one attached hydrogen (secondary N) is 3. The lowest BCUT2D eigenvalue weighted by atomic mass is 10.1. The van der Waals surface area contributed by atoms with Gasteiger partial charge in [-0.2, -0.15) is 13.2 Å². The van der Waals surface area contributed by atoms with Gasteiger partial charge < -0.3 is 15.5 Å². The number of thiophene rings is 1. The van der Waals surface area contributed by atoms with Crippen LogP contribution in [-0.4, -0.2) is 18.4 Å². The molecule has 3 N–H and O–H groups in total. The average Bonchev–Trinajstić information content (AvgIpc) is 3.18. The third-order valence-corrected chi connectivity index (χ3v) is 5.44. The fourth-order valence-corrected chi connectivity index (χ4v) is 3.81. The van der Waals surface area contributed by atoms with Crippen molar-refractivity contribution < 1.29 is 22.4 Å². The lowest BCUT2D eigenvalue weighted by Crippen LogP contribution is -2.39. The van der Waals surface area contributed by atoms with E-state index < -0.39 is 29.0 Å². The molecule has 30 heavy (non-hydrogen) atoms. The smallest absolute Gasteiger partial charge is 0.359 e. The second-order valence-electron chi connectivity index (χ2n) is 6.47.